The third kappa shape index (κ3) is 3.14. The van der Waals surface area contributed by atoms with Gasteiger partial charge < -0.3 is 10.2 Å². The van der Waals surface area contributed by atoms with Crippen LogP contribution in [0.3, 0.4) is 0 Å². The van der Waals surface area contributed by atoms with Gasteiger partial charge in [-0.05, 0) is 44.9 Å². The van der Waals surface area contributed by atoms with Crippen LogP contribution in [0.25, 0.3) is 11.5 Å². The summed E-state index contributed by atoms with van der Waals surface area (Å²) < 4.78 is 5.81. The zero-order chi connectivity index (χ0) is 14.8. The summed E-state index contributed by atoms with van der Waals surface area (Å²) in [6.45, 7) is 6.75. The van der Waals surface area contributed by atoms with Crippen molar-refractivity contribution in [2.75, 3.05) is 13.1 Å². The van der Waals surface area contributed by atoms with Crippen LogP contribution in [-0.4, -0.2) is 34.2 Å². The van der Waals surface area contributed by atoms with Gasteiger partial charge in [0.15, 0.2) is 0 Å². The molecule has 2 aromatic rings. The Morgan fingerprint density at radius 3 is 2.95 bits per heavy atom. The lowest BCUT2D eigenvalue weighted by molar-refractivity contribution is 0.230. The highest BCUT2D eigenvalue weighted by Crippen LogP contribution is 2.25. The van der Waals surface area contributed by atoms with E-state index < -0.39 is 0 Å². The van der Waals surface area contributed by atoms with Crippen molar-refractivity contribution >= 4 is 0 Å². The lowest BCUT2D eigenvalue weighted by atomic mass is 10.1. The summed E-state index contributed by atoms with van der Waals surface area (Å²) in [5.74, 6) is 1.85. The topological polar surface area (TPSA) is 68.2 Å². The monoisotopic (exact) mass is 286 g/mol. The third-order valence-electron chi connectivity index (χ3n) is 4.19. The fourth-order valence-electron chi connectivity index (χ4n) is 2.99. The zero-order valence-electron chi connectivity index (χ0n) is 12.6. The van der Waals surface area contributed by atoms with Crippen molar-refractivity contribution in [3.63, 3.8) is 0 Å². The predicted octanol–water partition coefficient (Wildman–Crippen LogP) is 2.21. The average molecular weight is 286 g/mol. The van der Waals surface area contributed by atoms with E-state index in [-0.39, 0.29) is 0 Å². The van der Waals surface area contributed by atoms with Gasteiger partial charge in [-0.1, -0.05) is 17.7 Å². The number of hydrogen-bond donors (Lipinski definition) is 1. The van der Waals surface area contributed by atoms with Crippen LogP contribution < -0.4 is 5.73 Å². The molecule has 1 aromatic carbocycles. The van der Waals surface area contributed by atoms with Crippen molar-refractivity contribution < 1.29 is 4.42 Å². The molecule has 112 valence electrons. The molecule has 0 radical (unpaired) electrons. The van der Waals surface area contributed by atoms with Crippen LogP contribution in [-0.2, 0) is 6.54 Å². The number of aryl methyl sites for hydroxylation is 1. The smallest absolute Gasteiger partial charge is 0.247 e. The fraction of sp³-hybridized carbons (Fsp3) is 0.500. The second-order valence-electron chi connectivity index (χ2n) is 5.99. The SMILES string of the molecule is Cc1cccc(-c2nnc(CN3CC(CN)CC3C)o2)c1. The number of nitrogens with zero attached hydrogens (tertiary/aromatic N) is 3. The summed E-state index contributed by atoms with van der Waals surface area (Å²) in [5.41, 5.74) is 7.93. The molecule has 2 unspecified atom stereocenters. The molecule has 5 nitrogen and oxygen atoms in total. The molecule has 1 aliphatic heterocycles. The van der Waals surface area contributed by atoms with Crippen molar-refractivity contribution in [2.45, 2.75) is 32.9 Å². The summed E-state index contributed by atoms with van der Waals surface area (Å²) in [6, 6.07) is 8.63. The molecule has 1 aromatic heterocycles. The first-order valence-electron chi connectivity index (χ1n) is 7.49. The van der Waals surface area contributed by atoms with Crippen LogP contribution in [0.5, 0.6) is 0 Å². The van der Waals surface area contributed by atoms with Crippen LogP contribution in [0.2, 0.25) is 0 Å². The van der Waals surface area contributed by atoms with Crippen molar-refractivity contribution in [3.8, 4) is 11.5 Å². The average Bonchev–Trinajstić information content (AvgIpc) is 3.07. The van der Waals surface area contributed by atoms with Crippen LogP contribution in [0, 0.1) is 12.8 Å². The highest BCUT2D eigenvalue weighted by Gasteiger charge is 2.29. The van der Waals surface area contributed by atoms with Gasteiger partial charge in [0.1, 0.15) is 0 Å². The molecular formula is C16H22N4O. The van der Waals surface area contributed by atoms with E-state index in [1.54, 1.807) is 0 Å². The van der Waals surface area contributed by atoms with Crippen LogP contribution in [0.15, 0.2) is 28.7 Å². The number of rotatable bonds is 4. The molecule has 0 amide bonds. The zero-order valence-corrected chi connectivity index (χ0v) is 12.6. The van der Waals surface area contributed by atoms with Gasteiger partial charge in [0, 0.05) is 18.2 Å². The standard InChI is InChI=1S/C16H22N4O/c1-11-4-3-5-14(6-11)16-19-18-15(21-16)10-20-9-13(8-17)7-12(20)2/h3-6,12-13H,7-10,17H2,1-2H3. The largest absolute Gasteiger partial charge is 0.419 e. The van der Waals surface area contributed by atoms with E-state index in [1.165, 1.54) is 5.56 Å². The first-order valence-corrected chi connectivity index (χ1v) is 7.49. The first-order chi connectivity index (χ1) is 10.2. The molecule has 1 saturated heterocycles. The van der Waals surface area contributed by atoms with E-state index in [1.807, 2.05) is 12.1 Å². The van der Waals surface area contributed by atoms with E-state index in [4.69, 9.17) is 10.2 Å². The maximum atomic E-state index is 5.81. The van der Waals surface area contributed by atoms with E-state index in [9.17, 15) is 0 Å². The Hall–Kier alpha value is -1.72. The van der Waals surface area contributed by atoms with Crippen LogP contribution in [0.1, 0.15) is 24.8 Å². The first kappa shape index (κ1) is 14.2. The van der Waals surface area contributed by atoms with Gasteiger partial charge in [-0.3, -0.25) is 4.90 Å². The summed E-state index contributed by atoms with van der Waals surface area (Å²) in [5, 5.41) is 8.35. The van der Waals surface area contributed by atoms with E-state index in [2.05, 4.69) is 41.1 Å². The molecule has 3 rings (SSSR count). The molecule has 2 atom stereocenters. The number of benzene rings is 1. The molecule has 0 bridgehead atoms. The Labute approximate surface area is 125 Å². The maximum absolute atomic E-state index is 5.81. The van der Waals surface area contributed by atoms with Crippen LogP contribution >= 0.6 is 0 Å². The Bertz CT molecular complexity index is 610. The maximum Gasteiger partial charge on any atom is 0.247 e. The van der Waals surface area contributed by atoms with Gasteiger partial charge >= 0.3 is 0 Å². The fourth-order valence-corrected chi connectivity index (χ4v) is 2.99. The van der Waals surface area contributed by atoms with Gasteiger partial charge in [-0.15, -0.1) is 10.2 Å². The van der Waals surface area contributed by atoms with Crippen LogP contribution in [0.4, 0.5) is 0 Å². The molecule has 1 aliphatic rings. The highest BCUT2D eigenvalue weighted by molar-refractivity contribution is 5.53. The molecule has 21 heavy (non-hydrogen) atoms. The van der Waals surface area contributed by atoms with Gasteiger partial charge in [0.05, 0.1) is 6.54 Å². The molecule has 0 aliphatic carbocycles. The summed E-state index contributed by atoms with van der Waals surface area (Å²) in [7, 11) is 0. The second kappa shape index (κ2) is 5.95. The Morgan fingerprint density at radius 2 is 2.24 bits per heavy atom. The van der Waals surface area contributed by atoms with Crippen molar-refractivity contribution in [2.24, 2.45) is 11.7 Å². The Kier molecular flexibility index (Phi) is 4.03. The van der Waals surface area contributed by atoms with E-state index >= 15 is 0 Å². The van der Waals surface area contributed by atoms with Gasteiger partial charge in [-0.25, -0.2) is 0 Å². The van der Waals surface area contributed by atoms with E-state index in [0.29, 0.717) is 30.3 Å². The highest BCUT2D eigenvalue weighted by atomic mass is 16.4. The van der Waals surface area contributed by atoms with Gasteiger partial charge in [0.25, 0.3) is 0 Å². The Morgan fingerprint density at radius 1 is 1.38 bits per heavy atom. The number of aromatic nitrogens is 2. The molecule has 1 fully saturated rings. The second-order valence-corrected chi connectivity index (χ2v) is 5.99. The molecule has 0 spiro atoms. The number of likely N-dealkylation sites (tertiary alicyclic amines) is 1. The summed E-state index contributed by atoms with van der Waals surface area (Å²) in [6.07, 6.45) is 1.15. The molecule has 0 saturated carbocycles. The lowest BCUT2D eigenvalue weighted by Crippen LogP contribution is -2.27. The molecule has 5 heteroatoms. The summed E-state index contributed by atoms with van der Waals surface area (Å²) >= 11 is 0. The van der Waals surface area contributed by atoms with Crippen molar-refractivity contribution in [1.82, 2.24) is 15.1 Å². The van der Waals surface area contributed by atoms with E-state index in [0.717, 1.165) is 25.1 Å². The van der Waals surface area contributed by atoms with Crippen molar-refractivity contribution in [1.29, 1.82) is 0 Å². The predicted molar refractivity (Wildman–Crippen MR) is 81.5 cm³/mol. The molecule has 2 heterocycles. The lowest BCUT2D eigenvalue weighted by Gasteiger charge is -2.18. The van der Waals surface area contributed by atoms with Crippen molar-refractivity contribution in [3.05, 3.63) is 35.7 Å². The number of nitrogens with two attached hydrogens (primary N) is 1. The Balaban J connectivity index is 1.71. The normalized spacial score (nSPS) is 22.8. The minimum atomic E-state index is 0.521. The number of hydrogen-bond acceptors (Lipinski definition) is 5. The van der Waals surface area contributed by atoms with Gasteiger partial charge in [-0.2, -0.15) is 0 Å². The quantitative estimate of drug-likeness (QED) is 0.933. The van der Waals surface area contributed by atoms with Gasteiger partial charge in [0.2, 0.25) is 11.8 Å². The minimum Gasteiger partial charge on any atom is -0.419 e. The molecular weight excluding hydrogens is 264 g/mol. The summed E-state index contributed by atoms with van der Waals surface area (Å²) in [4.78, 5) is 2.37. The minimum absolute atomic E-state index is 0.521. The molecule has 2 N–H and O–H groups in total. The third-order valence-corrected chi connectivity index (χ3v) is 4.19.